The predicted octanol–water partition coefficient (Wildman–Crippen LogP) is 0.682. The summed E-state index contributed by atoms with van der Waals surface area (Å²) < 4.78 is 50.7. The van der Waals surface area contributed by atoms with E-state index in [4.69, 9.17) is 5.73 Å². The van der Waals surface area contributed by atoms with Crippen molar-refractivity contribution in [3.05, 3.63) is 27.7 Å². The summed E-state index contributed by atoms with van der Waals surface area (Å²) >= 11 is 3.27. The molecular formula is C12H17BrN2O4S2. The third-order valence-electron chi connectivity index (χ3n) is 3.36. The SMILES string of the molecule is Cc1cc(CN)cc(S(=O)(=O)NC2CCS(=O)(=O)C2)c1Br. The summed E-state index contributed by atoms with van der Waals surface area (Å²) in [6.45, 7) is 2.01. The first-order valence-corrected chi connectivity index (χ1v) is 10.5. The highest BCUT2D eigenvalue weighted by atomic mass is 79.9. The smallest absolute Gasteiger partial charge is 0.241 e. The van der Waals surface area contributed by atoms with E-state index in [0.29, 0.717) is 16.5 Å². The number of aryl methyl sites for hydroxylation is 1. The minimum absolute atomic E-state index is 0.0171. The number of hydrogen-bond donors (Lipinski definition) is 2. The molecule has 1 aliphatic heterocycles. The van der Waals surface area contributed by atoms with Gasteiger partial charge in [-0.2, -0.15) is 0 Å². The molecule has 0 saturated carbocycles. The number of sulfonamides is 1. The Morgan fingerprint density at radius 1 is 1.43 bits per heavy atom. The third kappa shape index (κ3) is 3.84. The standard InChI is InChI=1S/C12H17BrN2O4S2/c1-8-4-9(6-14)5-11(12(8)13)21(18,19)15-10-2-3-20(16,17)7-10/h4-5,10,15H,2-3,6-7,14H2,1H3. The van der Waals surface area contributed by atoms with E-state index >= 15 is 0 Å². The molecule has 0 amide bonds. The van der Waals surface area contributed by atoms with Gasteiger partial charge in [0.1, 0.15) is 0 Å². The Bertz CT molecular complexity index is 760. The second-order valence-electron chi connectivity index (χ2n) is 5.15. The average molecular weight is 397 g/mol. The highest BCUT2D eigenvalue weighted by Gasteiger charge is 2.32. The van der Waals surface area contributed by atoms with E-state index in [1.807, 2.05) is 6.07 Å². The summed E-state index contributed by atoms with van der Waals surface area (Å²) in [6, 6.07) is 2.74. The molecule has 1 aliphatic rings. The van der Waals surface area contributed by atoms with Gasteiger partial charge in [-0.1, -0.05) is 6.07 Å². The number of rotatable bonds is 4. The van der Waals surface area contributed by atoms with Crippen molar-refractivity contribution in [2.24, 2.45) is 5.73 Å². The molecule has 1 atom stereocenters. The maximum absolute atomic E-state index is 12.5. The van der Waals surface area contributed by atoms with Gasteiger partial charge in [-0.3, -0.25) is 0 Å². The quantitative estimate of drug-likeness (QED) is 0.777. The Balaban J connectivity index is 2.34. The van der Waals surface area contributed by atoms with E-state index in [1.54, 1.807) is 6.92 Å². The number of nitrogens with one attached hydrogen (secondary N) is 1. The van der Waals surface area contributed by atoms with Crippen LogP contribution in [-0.4, -0.2) is 34.4 Å². The van der Waals surface area contributed by atoms with E-state index in [9.17, 15) is 16.8 Å². The number of sulfone groups is 1. The molecule has 0 aromatic heterocycles. The minimum Gasteiger partial charge on any atom is -0.326 e. The molecule has 1 aromatic rings. The molecular weight excluding hydrogens is 380 g/mol. The maximum atomic E-state index is 12.5. The molecule has 0 spiro atoms. The monoisotopic (exact) mass is 396 g/mol. The van der Waals surface area contributed by atoms with Crippen LogP contribution in [0.4, 0.5) is 0 Å². The van der Waals surface area contributed by atoms with Crippen LogP contribution in [0.2, 0.25) is 0 Å². The Morgan fingerprint density at radius 2 is 2.10 bits per heavy atom. The van der Waals surface area contributed by atoms with Gasteiger partial charge in [0, 0.05) is 17.1 Å². The van der Waals surface area contributed by atoms with Crippen LogP contribution in [0.1, 0.15) is 17.5 Å². The van der Waals surface area contributed by atoms with Crippen LogP contribution in [0.3, 0.4) is 0 Å². The molecule has 9 heteroatoms. The summed E-state index contributed by atoms with van der Waals surface area (Å²) in [4.78, 5) is 0.0900. The summed E-state index contributed by atoms with van der Waals surface area (Å²) in [5.41, 5.74) is 7.04. The molecule has 21 heavy (non-hydrogen) atoms. The van der Waals surface area contributed by atoms with E-state index < -0.39 is 25.9 Å². The lowest BCUT2D eigenvalue weighted by atomic mass is 10.1. The van der Waals surface area contributed by atoms with E-state index in [1.165, 1.54) is 6.07 Å². The number of halogens is 1. The molecule has 1 aromatic carbocycles. The van der Waals surface area contributed by atoms with Gasteiger partial charge in [0.05, 0.1) is 16.4 Å². The van der Waals surface area contributed by atoms with Crippen LogP contribution in [0.25, 0.3) is 0 Å². The van der Waals surface area contributed by atoms with Gasteiger partial charge in [-0.15, -0.1) is 0 Å². The number of nitrogens with two attached hydrogens (primary N) is 1. The lowest BCUT2D eigenvalue weighted by Crippen LogP contribution is -2.35. The fraction of sp³-hybridized carbons (Fsp3) is 0.500. The Kier molecular flexibility index (Phi) is 4.79. The van der Waals surface area contributed by atoms with Crippen molar-refractivity contribution in [1.29, 1.82) is 0 Å². The topological polar surface area (TPSA) is 106 Å². The molecule has 3 N–H and O–H groups in total. The van der Waals surface area contributed by atoms with Crippen molar-refractivity contribution in [3.8, 4) is 0 Å². The fourth-order valence-corrected chi connectivity index (χ4v) is 6.41. The first kappa shape index (κ1) is 16.9. The largest absolute Gasteiger partial charge is 0.326 e. The molecule has 1 unspecified atom stereocenters. The van der Waals surface area contributed by atoms with Crippen LogP contribution < -0.4 is 10.5 Å². The van der Waals surface area contributed by atoms with Crippen molar-refractivity contribution < 1.29 is 16.8 Å². The third-order valence-corrected chi connectivity index (χ3v) is 7.99. The van der Waals surface area contributed by atoms with Crippen molar-refractivity contribution >= 4 is 35.8 Å². The number of benzene rings is 1. The predicted molar refractivity (Wildman–Crippen MR) is 84.2 cm³/mol. The highest BCUT2D eigenvalue weighted by molar-refractivity contribution is 9.10. The lowest BCUT2D eigenvalue weighted by molar-refractivity contribution is 0.561. The van der Waals surface area contributed by atoms with Crippen LogP contribution in [-0.2, 0) is 26.4 Å². The highest BCUT2D eigenvalue weighted by Crippen LogP contribution is 2.28. The lowest BCUT2D eigenvalue weighted by Gasteiger charge is -2.15. The molecule has 0 radical (unpaired) electrons. The summed E-state index contributed by atoms with van der Waals surface area (Å²) in [7, 11) is -6.94. The number of hydrogen-bond acceptors (Lipinski definition) is 5. The van der Waals surface area contributed by atoms with Crippen molar-refractivity contribution in [3.63, 3.8) is 0 Å². The molecule has 0 bridgehead atoms. The van der Waals surface area contributed by atoms with Crippen LogP contribution in [0.15, 0.2) is 21.5 Å². The Labute approximate surface area is 133 Å². The zero-order valence-corrected chi connectivity index (χ0v) is 14.7. The summed E-state index contributed by atoms with van der Waals surface area (Å²) in [5.74, 6) is -0.136. The molecule has 0 aliphatic carbocycles. The van der Waals surface area contributed by atoms with E-state index in [0.717, 1.165) is 5.56 Å². The molecule has 1 fully saturated rings. The van der Waals surface area contributed by atoms with Gasteiger partial charge < -0.3 is 5.73 Å². The van der Waals surface area contributed by atoms with Gasteiger partial charge in [0.15, 0.2) is 9.84 Å². The molecule has 2 rings (SSSR count). The van der Waals surface area contributed by atoms with Crippen LogP contribution in [0, 0.1) is 6.92 Å². The van der Waals surface area contributed by atoms with Gasteiger partial charge in [-0.25, -0.2) is 21.6 Å². The van der Waals surface area contributed by atoms with E-state index in [2.05, 4.69) is 20.7 Å². The minimum atomic E-state index is -3.80. The second kappa shape index (κ2) is 5.96. The van der Waals surface area contributed by atoms with Gasteiger partial charge in [0.25, 0.3) is 0 Å². The van der Waals surface area contributed by atoms with Crippen LogP contribution in [0.5, 0.6) is 0 Å². The Hall–Kier alpha value is -0.480. The molecule has 1 heterocycles. The maximum Gasteiger partial charge on any atom is 0.241 e. The molecule has 1 saturated heterocycles. The second-order valence-corrected chi connectivity index (χ2v) is 9.85. The summed E-state index contributed by atoms with van der Waals surface area (Å²) in [6.07, 6.45) is 0.300. The zero-order valence-electron chi connectivity index (χ0n) is 11.5. The first-order valence-electron chi connectivity index (χ1n) is 6.36. The van der Waals surface area contributed by atoms with Gasteiger partial charge >= 0.3 is 0 Å². The normalized spacial score (nSPS) is 21.6. The van der Waals surface area contributed by atoms with Crippen molar-refractivity contribution in [2.75, 3.05) is 11.5 Å². The zero-order chi connectivity index (χ0) is 15.8. The van der Waals surface area contributed by atoms with Gasteiger partial charge in [-0.05, 0) is 46.5 Å². The van der Waals surface area contributed by atoms with Crippen molar-refractivity contribution in [2.45, 2.75) is 30.8 Å². The summed E-state index contributed by atoms with van der Waals surface area (Å²) in [5, 5.41) is 0. The molecule has 6 nitrogen and oxygen atoms in total. The molecule has 118 valence electrons. The van der Waals surface area contributed by atoms with Crippen LogP contribution >= 0.6 is 15.9 Å². The first-order chi connectivity index (χ1) is 9.64. The van der Waals surface area contributed by atoms with Crippen molar-refractivity contribution in [1.82, 2.24) is 4.72 Å². The van der Waals surface area contributed by atoms with Gasteiger partial charge in [0.2, 0.25) is 10.0 Å². The van der Waals surface area contributed by atoms with E-state index in [-0.39, 0.29) is 22.9 Å². The fourth-order valence-electron chi connectivity index (χ4n) is 2.29. The average Bonchev–Trinajstić information content (AvgIpc) is 2.70. The Morgan fingerprint density at radius 3 is 2.62 bits per heavy atom.